The summed E-state index contributed by atoms with van der Waals surface area (Å²) < 4.78 is 5.61. The zero-order valence-electron chi connectivity index (χ0n) is 15.4. The molecular formula is C18H32IN5O. The maximum absolute atomic E-state index is 5.61. The van der Waals surface area contributed by atoms with Gasteiger partial charge in [0.1, 0.15) is 12.4 Å². The molecule has 0 aromatic carbocycles. The number of likely N-dealkylation sites (tertiary alicyclic amines) is 1. The van der Waals surface area contributed by atoms with Crippen molar-refractivity contribution in [2.24, 2.45) is 4.99 Å². The van der Waals surface area contributed by atoms with E-state index in [0.29, 0.717) is 13.2 Å². The second-order valence-corrected chi connectivity index (χ2v) is 6.06. The Labute approximate surface area is 168 Å². The summed E-state index contributed by atoms with van der Waals surface area (Å²) in [7, 11) is 1.80. The highest BCUT2D eigenvalue weighted by atomic mass is 127. The molecule has 6 nitrogen and oxygen atoms in total. The molecule has 2 heterocycles. The minimum Gasteiger partial charge on any atom is -0.490 e. The number of rotatable bonds is 8. The normalized spacial score (nSPS) is 18.3. The molecule has 0 spiro atoms. The van der Waals surface area contributed by atoms with Crippen molar-refractivity contribution in [1.29, 1.82) is 0 Å². The molecule has 1 fully saturated rings. The highest BCUT2D eigenvalue weighted by Crippen LogP contribution is 2.18. The molecule has 1 aromatic rings. The average molecular weight is 461 g/mol. The molecule has 2 rings (SSSR count). The van der Waals surface area contributed by atoms with Crippen molar-refractivity contribution in [3.63, 3.8) is 0 Å². The van der Waals surface area contributed by atoms with Crippen LogP contribution in [0.2, 0.25) is 0 Å². The molecule has 1 unspecified atom stereocenters. The van der Waals surface area contributed by atoms with Crippen LogP contribution in [0.3, 0.4) is 0 Å². The van der Waals surface area contributed by atoms with Crippen LogP contribution in [0.15, 0.2) is 29.5 Å². The summed E-state index contributed by atoms with van der Waals surface area (Å²) in [5, 5.41) is 6.67. The van der Waals surface area contributed by atoms with Crippen LogP contribution in [0.5, 0.6) is 5.75 Å². The number of guanidine groups is 1. The summed E-state index contributed by atoms with van der Waals surface area (Å²) >= 11 is 0. The molecule has 7 heteroatoms. The lowest BCUT2D eigenvalue weighted by atomic mass is 10.0. The molecule has 0 saturated carbocycles. The predicted octanol–water partition coefficient (Wildman–Crippen LogP) is 2.51. The number of halogens is 1. The smallest absolute Gasteiger partial charge is 0.191 e. The third kappa shape index (κ3) is 8.22. The van der Waals surface area contributed by atoms with E-state index in [2.05, 4.69) is 32.4 Å². The fourth-order valence-electron chi connectivity index (χ4n) is 3.13. The second-order valence-electron chi connectivity index (χ2n) is 6.06. The first kappa shape index (κ1) is 22.0. The number of ether oxygens (including phenoxy) is 1. The van der Waals surface area contributed by atoms with Crippen molar-refractivity contribution < 1.29 is 4.74 Å². The van der Waals surface area contributed by atoms with Crippen molar-refractivity contribution in [3.8, 4) is 5.75 Å². The van der Waals surface area contributed by atoms with E-state index < -0.39 is 0 Å². The Morgan fingerprint density at radius 3 is 2.92 bits per heavy atom. The zero-order valence-corrected chi connectivity index (χ0v) is 17.7. The SMILES string of the molecule is CCC1CCCCN1CCNC(=NC)NCCOc1cccnc1.I. The molecule has 0 amide bonds. The zero-order chi connectivity index (χ0) is 17.0. The van der Waals surface area contributed by atoms with Crippen LogP contribution in [-0.2, 0) is 0 Å². The van der Waals surface area contributed by atoms with Crippen molar-refractivity contribution in [2.45, 2.75) is 38.6 Å². The molecule has 1 aliphatic rings. The van der Waals surface area contributed by atoms with Gasteiger partial charge in [0, 0.05) is 32.4 Å². The summed E-state index contributed by atoms with van der Waals surface area (Å²) in [5.74, 6) is 1.62. The molecule has 1 aromatic heterocycles. The van der Waals surface area contributed by atoms with E-state index in [9.17, 15) is 0 Å². The monoisotopic (exact) mass is 461 g/mol. The standard InChI is InChI=1S/C18H31N5O.HI/c1-3-16-7-4-5-12-23(16)13-10-21-18(19-2)22-11-14-24-17-8-6-9-20-15-17;/h6,8-9,15-16H,3-5,7,10-14H2,1-2H3,(H2,19,21,22);1H. The summed E-state index contributed by atoms with van der Waals surface area (Å²) in [6.07, 6.45) is 8.75. The van der Waals surface area contributed by atoms with Crippen LogP contribution in [0.1, 0.15) is 32.6 Å². The topological polar surface area (TPSA) is 61.8 Å². The van der Waals surface area contributed by atoms with Gasteiger partial charge in [-0.3, -0.25) is 14.9 Å². The molecule has 25 heavy (non-hydrogen) atoms. The first-order valence-electron chi connectivity index (χ1n) is 9.05. The van der Waals surface area contributed by atoms with Crippen LogP contribution in [0.4, 0.5) is 0 Å². The van der Waals surface area contributed by atoms with Crippen LogP contribution in [0, 0.1) is 0 Å². The largest absolute Gasteiger partial charge is 0.490 e. The number of aliphatic imine (C=N–C) groups is 1. The van der Waals surface area contributed by atoms with Crippen LogP contribution < -0.4 is 15.4 Å². The highest BCUT2D eigenvalue weighted by Gasteiger charge is 2.19. The maximum Gasteiger partial charge on any atom is 0.191 e. The van der Waals surface area contributed by atoms with E-state index in [-0.39, 0.29) is 24.0 Å². The summed E-state index contributed by atoms with van der Waals surface area (Å²) in [6.45, 7) is 6.79. The van der Waals surface area contributed by atoms with Crippen molar-refractivity contribution in [3.05, 3.63) is 24.5 Å². The predicted molar refractivity (Wildman–Crippen MR) is 114 cm³/mol. The molecule has 0 bridgehead atoms. The van der Waals surface area contributed by atoms with Crippen molar-refractivity contribution in [1.82, 2.24) is 20.5 Å². The van der Waals surface area contributed by atoms with E-state index >= 15 is 0 Å². The van der Waals surface area contributed by atoms with E-state index in [1.807, 2.05) is 12.1 Å². The number of nitrogens with zero attached hydrogens (tertiary/aromatic N) is 3. The Balaban J connectivity index is 0.00000312. The fourth-order valence-corrected chi connectivity index (χ4v) is 3.13. The molecule has 2 N–H and O–H groups in total. The molecule has 1 saturated heterocycles. The van der Waals surface area contributed by atoms with E-state index in [1.165, 1.54) is 32.2 Å². The van der Waals surface area contributed by atoms with Gasteiger partial charge in [-0.2, -0.15) is 0 Å². The van der Waals surface area contributed by atoms with Gasteiger partial charge >= 0.3 is 0 Å². The van der Waals surface area contributed by atoms with Gasteiger partial charge in [-0.1, -0.05) is 13.3 Å². The Morgan fingerprint density at radius 1 is 1.36 bits per heavy atom. The Bertz CT molecular complexity index is 486. The van der Waals surface area contributed by atoms with Gasteiger partial charge in [-0.05, 0) is 37.9 Å². The summed E-state index contributed by atoms with van der Waals surface area (Å²) in [6, 6.07) is 4.53. The summed E-state index contributed by atoms with van der Waals surface area (Å²) in [5.41, 5.74) is 0. The van der Waals surface area contributed by atoms with Gasteiger partial charge in [-0.25, -0.2) is 0 Å². The van der Waals surface area contributed by atoms with Gasteiger partial charge in [0.15, 0.2) is 5.96 Å². The molecule has 0 aliphatic carbocycles. The number of aromatic nitrogens is 1. The second kappa shape index (κ2) is 13.2. The minimum absolute atomic E-state index is 0. The first-order chi connectivity index (χ1) is 11.8. The third-order valence-electron chi connectivity index (χ3n) is 4.43. The van der Waals surface area contributed by atoms with Gasteiger partial charge < -0.3 is 15.4 Å². The number of hydrogen-bond acceptors (Lipinski definition) is 4. The summed E-state index contributed by atoms with van der Waals surface area (Å²) in [4.78, 5) is 10.9. The van der Waals surface area contributed by atoms with E-state index in [0.717, 1.165) is 30.8 Å². The lowest BCUT2D eigenvalue weighted by molar-refractivity contribution is 0.147. The first-order valence-corrected chi connectivity index (χ1v) is 9.05. The fraction of sp³-hybridized carbons (Fsp3) is 0.667. The number of nitrogens with one attached hydrogen (secondary N) is 2. The van der Waals surface area contributed by atoms with Crippen LogP contribution in [-0.4, -0.2) is 61.7 Å². The van der Waals surface area contributed by atoms with E-state index in [1.54, 1.807) is 19.4 Å². The molecular weight excluding hydrogens is 429 g/mol. The Kier molecular flexibility index (Phi) is 11.6. The van der Waals surface area contributed by atoms with Gasteiger partial charge in [0.05, 0.1) is 12.7 Å². The van der Waals surface area contributed by atoms with Crippen LogP contribution >= 0.6 is 24.0 Å². The number of hydrogen-bond donors (Lipinski definition) is 2. The van der Waals surface area contributed by atoms with E-state index in [4.69, 9.17) is 4.74 Å². The third-order valence-corrected chi connectivity index (χ3v) is 4.43. The average Bonchev–Trinajstić information content (AvgIpc) is 2.65. The highest BCUT2D eigenvalue weighted by molar-refractivity contribution is 14.0. The lowest BCUT2D eigenvalue weighted by Gasteiger charge is -2.35. The van der Waals surface area contributed by atoms with Crippen molar-refractivity contribution in [2.75, 3.05) is 39.8 Å². The van der Waals surface area contributed by atoms with Gasteiger partial charge in [-0.15, -0.1) is 24.0 Å². The molecule has 0 radical (unpaired) electrons. The van der Waals surface area contributed by atoms with Crippen LogP contribution in [0.25, 0.3) is 0 Å². The molecule has 1 atom stereocenters. The van der Waals surface area contributed by atoms with Gasteiger partial charge in [0.25, 0.3) is 0 Å². The van der Waals surface area contributed by atoms with Crippen molar-refractivity contribution >= 4 is 29.9 Å². The maximum atomic E-state index is 5.61. The number of piperidine rings is 1. The molecule has 142 valence electrons. The quantitative estimate of drug-likeness (QED) is 0.270. The lowest BCUT2D eigenvalue weighted by Crippen LogP contribution is -2.46. The molecule has 1 aliphatic heterocycles. The number of pyridine rings is 1. The van der Waals surface area contributed by atoms with Gasteiger partial charge in [0.2, 0.25) is 0 Å². The Hall–Kier alpha value is -1.09. The minimum atomic E-state index is 0. The Morgan fingerprint density at radius 2 is 2.20 bits per heavy atom.